The van der Waals surface area contributed by atoms with Crippen LogP contribution < -0.4 is 10.1 Å². The van der Waals surface area contributed by atoms with E-state index < -0.39 is 6.36 Å². The molecular weight excluding hydrogens is 357 g/mol. The van der Waals surface area contributed by atoms with Crippen LogP contribution in [0.4, 0.5) is 13.2 Å². The molecule has 0 radical (unpaired) electrons. The average molecular weight is 381 g/mol. The number of rotatable bonds is 6. The number of ether oxygens (including phenoxy) is 1. The summed E-state index contributed by atoms with van der Waals surface area (Å²) in [4.78, 5) is 13.8. The molecule has 1 N–H and O–H groups in total. The maximum absolute atomic E-state index is 12.2. The fourth-order valence-electron chi connectivity index (χ4n) is 2.85. The van der Waals surface area contributed by atoms with Crippen LogP contribution >= 0.6 is 12.4 Å². The third-order valence-electron chi connectivity index (χ3n) is 4.23. The van der Waals surface area contributed by atoms with Crippen LogP contribution in [0.25, 0.3) is 0 Å². The van der Waals surface area contributed by atoms with Crippen molar-refractivity contribution in [3.63, 3.8) is 0 Å². The number of hydrogen-bond donors (Lipinski definition) is 1. The molecule has 0 aliphatic carbocycles. The highest BCUT2D eigenvalue weighted by atomic mass is 35.5. The van der Waals surface area contributed by atoms with Crippen molar-refractivity contribution in [3.05, 3.63) is 29.8 Å². The van der Waals surface area contributed by atoms with Crippen molar-refractivity contribution in [2.45, 2.75) is 38.6 Å². The maximum Gasteiger partial charge on any atom is 0.573 e. The summed E-state index contributed by atoms with van der Waals surface area (Å²) < 4.78 is 40.2. The number of hydrogen-bond acceptors (Lipinski definition) is 3. The fourth-order valence-corrected chi connectivity index (χ4v) is 2.85. The van der Waals surface area contributed by atoms with Gasteiger partial charge in [-0.1, -0.05) is 12.1 Å². The monoisotopic (exact) mass is 380 g/mol. The number of amides is 1. The minimum atomic E-state index is -4.69. The van der Waals surface area contributed by atoms with Gasteiger partial charge in [-0.05, 0) is 56.0 Å². The average Bonchev–Trinajstić information content (AvgIpc) is 2.54. The summed E-state index contributed by atoms with van der Waals surface area (Å²) in [5.41, 5.74) is 0.766. The zero-order valence-electron chi connectivity index (χ0n) is 14.1. The lowest BCUT2D eigenvalue weighted by Gasteiger charge is -2.23. The highest BCUT2D eigenvalue weighted by molar-refractivity contribution is 5.85. The van der Waals surface area contributed by atoms with Crippen LogP contribution in [-0.2, 0) is 11.3 Å². The second-order valence-electron chi connectivity index (χ2n) is 6.17. The van der Waals surface area contributed by atoms with E-state index in [0.717, 1.165) is 37.9 Å². The lowest BCUT2D eigenvalue weighted by atomic mass is 9.93. The maximum atomic E-state index is 12.2. The molecule has 0 unspecified atom stereocenters. The summed E-state index contributed by atoms with van der Waals surface area (Å²) >= 11 is 0. The van der Waals surface area contributed by atoms with Crippen molar-refractivity contribution >= 4 is 18.3 Å². The summed E-state index contributed by atoms with van der Waals surface area (Å²) in [6, 6.07) is 5.60. The number of nitrogens with one attached hydrogen (secondary N) is 1. The molecule has 1 saturated heterocycles. The second kappa shape index (κ2) is 9.87. The van der Waals surface area contributed by atoms with E-state index in [1.54, 1.807) is 11.9 Å². The number of carbonyl (C=O) groups is 1. The molecule has 0 atom stereocenters. The Hall–Kier alpha value is -1.47. The van der Waals surface area contributed by atoms with E-state index in [4.69, 9.17) is 0 Å². The van der Waals surface area contributed by atoms with Gasteiger partial charge in [0.25, 0.3) is 0 Å². The molecule has 1 aromatic carbocycles. The molecule has 1 amide bonds. The molecule has 1 aliphatic heterocycles. The minimum absolute atomic E-state index is 0. The molecule has 0 saturated carbocycles. The van der Waals surface area contributed by atoms with E-state index in [-0.39, 0.29) is 24.1 Å². The van der Waals surface area contributed by atoms with Gasteiger partial charge in [-0.15, -0.1) is 25.6 Å². The summed E-state index contributed by atoms with van der Waals surface area (Å²) in [5, 5.41) is 3.30. The van der Waals surface area contributed by atoms with Gasteiger partial charge in [0, 0.05) is 20.0 Å². The highest BCUT2D eigenvalue weighted by Crippen LogP contribution is 2.23. The largest absolute Gasteiger partial charge is 0.573 e. The SMILES string of the molecule is CN(Cc1ccc(OC(F)(F)F)cc1)C(=O)CCC1CCNCC1.Cl. The van der Waals surface area contributed by atoms with Gasteiger partial charge >= 0.3 is 6.36 Å². The smallest absolute Gasteiger partial charge is 0.406 e. The van der Waals surface area contributed by atoms with Gasteiger partial charge < -0.3 is 15.0 Å². The van der Waals surface area contributed by atoms with Crippen LogP contribution in [0.5, 0.6) is 5.75 Å². The fraction of sp³-hybridized carbons (Fsp3) is 0.588. The van der Waals surface area contributed by atoms with E-state index >= 15 is 0 Å². The molecule has 4 nitrogen and oxygen atoms in total. The third-order valence-corrected chi connectivity index (χ3v) is 4.23. The Morgan fingerprint density at radius 3 is 2.40 bits per heavy atom. The summed E-state index contributed by atoms with van der Waals surface area (Å²) in [7, 11) is 1.71. The first-order valence-corrected chi connectivity index (χ1v) is 8.13. The molecular formula is C17H24ClF3N2O2. The normalized spacial score (nSPS) is 15.4. The molecule has 1 fully saturated rings. The van der Waals surface area contributed by atoms with Crippen molar-refractivity contribution in [1.82, 2.24) is 10.2 Å². The molecule has 142 valence electrons. The molecule has 2 rings (SSSR count). The van der Waals surface area contributed by atoms with Crippen molar-refractivity contribution < 1.29 is 22.7 Å². The Kier molecular flexibility index (Phi) is 8.52. The van der Waals surface area contributed by atoms with Crippen molar-refractivity contribution in [2.75, 3.05) is 20.1 Å². The number of benzene rings is 1. The summed E-state index contributed by atoms with van der Waals surface area (Å²) in [6.07, 6.45) is -1.07. The van der Waals surface area contributed by atoms with Crippen molar-refractivity contribution in [3.8, 4) is 5.75 Å². The van der Waals surface area contributed by atoms with Crippen molar-refractivity contribution in [2.24, 2.45) is 5.92 Å². The van der Waals surface area contributed by atoms with Crippen LogP contribution in [0.3, 0.4) is 0 Å². The van der Waals surface area contributed by atoms with Crippen LogP contribution in [0.2, 0.25) is 0 Å². The van der Waals surface area contributed by atoms with Gasteiger partial charge in [0.2, 0.25) is 5.91 Å². The number of carbonyl (C=O) groups excluding carboxylic acids is 1. The first kappa shape index (κ1) is 21.6. The first-order chi connectivity index (χ1) is 11.3. The summed E-state index contributed by atoms with van der Waals surface area (Å²) in [5.74, 6) is 0.401. The van der Waals surface area contributed by atoms with E-state index in [2.05, 4.69) is 10.1 Å². The van der Waals surface area contributed by atoms with Gasteiger partial charge in [0.15, 0.2) is 0 Å². The quantitative estimate of drug-likeness (QED) is 0.817. The lowest BCUT2D eigenvalue weighted by Crippen LogP contribution is -2.30. The first-order valence-electron chi connectivity index (χ1n) is 8.13. The van der Waals surface area contributed by atoms with E-state index in [0.29, 0.717) is 18.9 Å². The van der Waals surface area contributed by atoms with E-state index in [1.165, 1.54) is 24.3 Å². The number of piperidine rings is 1. The van der Waals surface area contributed by atoms with Crippen LogP contribution in [-0.4, -0.2) is 37.3 Å². The predicted octanol–water partition coefficient (Wildman–Crippen LogP) is 3.75. The predicted molar refractivity (Wildman–Crippen MR) is 91.7 cm³/mol. The van der Waals surface area contributed by atoms with Gasteiger partial charge in [-0.3, -0.25) is 4.79 Å². The number of halogens is 4. The van der Waals surface area contributed by atoms with Gasteiger partial charge in [0.1, 0.15) is 5.75 Å². The van der Waals surface area contributed by atoms with Gasteiger partial charge in [-0.2, -0.15) is 0 Å². The zero-order valence-corrected chi connectivity index (χ0v) is 15.0. The van der Waals surface area contributed by atoms with E-state index in [9.17, 15) is 18.0 Å². The van der Waals surface area contributed by atoms with Crippen molar-refractivity contribution in [1.29, 1.82) is 0 Å². The molecule has 1 heterocycles. The highest BCUT2D eigenvalue weighted by Gasteiger charge is 2.30. The van der Waals surface area contributed by atoms with Crippen LogP contribution in [0.15, 0.2) is 24.3 Å². The molecule has 0 bridgehead atoms. The number of nitrogens with zero attached hydrogens (tertiary/aromatic N) is 1. The summed E-state index contributed by atoms with van der Waals surface area (Å²) in [6.45, 7) is 2.40. The topological polar surface area (TPSA) is 41.6 Å². The zero-order chi connectivity index (χ0) is 17.6. The lowest BCUT2D eigenvalue weighted by molar-refractivity contribution is -0.274. The third kappa shape index (κ3) is 7.96. The molecule has 0 aromatic heterocycles. The van der Waals surface area contributed by atoms with Crippen LogP contribution in [0.1, 0.15) is 31.2 Å². The molecule has 1 aromatic rings. The molecule has 0 spiro atoms. The van der Waals surface area contributed by atoms with Gasteiger partial charge in [0.05, 0.1) is 0 Å². The van der Waals surface area contributed by atoms with Gasteiger partial charge in [-0.25, -0.2) is 0 Å². The second-order valence-corrected chi connectivity index (χ2v) is 6.17. The van der Waals surface area contributed by atoms with E-state index in [1.807, 2.05) is 0 Å². The Balaban J connectivity index is 0.00000312. The Morgan fingerprint density at radius 1 is 1.24 bits per heavy atom. The molecule has 1 aliphatic rings. The standard InChI is InChI=1S/C17H23F3N2O2.ClH/c1-22(16(23)7-4-13-8-10-21-11-9-13)12-14-2-5-15(6-3-14)24-17(18,19)20;/h2-3,5-6,13,21H,4,7-12H2,1H3;1H. The van der Waals surface area contributed by atoms with Crippen LogP contribution in [0, 0.1) is 5.92 Å². The Bertz CT molecular complexity index is 532. The molecule has 25 heavy (non-hydrogen) atoms. The Labute approximate surface area is 152 Å². The molecule has 8 heteroatoms. The minimum Gasteiger partial charge on any atom is -0.406 e. The number of alkyl halides is 3. The Morgan fingerprint density at radius 2 is 1.84 bits per heavy atom.